The van der Waals surface area contributed by atoms with Gasteiger partial charge in [0.1, 0.15) is 5.56 Å². The lowest BCUT2D eigenvalue weighted by molar-refractivity contribution is -0.385. The molecular weight excluding hydrogens is 408 g/mol. The third kappa shape index (κ3) is 4.95. The van der Waals surface area contributed by atoms with Crippen molar-refractivity contribution in [2.45, 2.75) is 13.8 Å². The molecule has 0 aromatic heterocycles. The van der Waals surface area contributed by atoms with E-state index in [1.54, 1.807) is 4.90 Å². The van der Waals surface area contributed by atoms with E-state index in [0.29, 0.717) is 26.2 Å². The summed E-state index contributed by atoms with van der Waals surface area (Å²) >= 11 is 5.93. The van der Waals surface area contributed by atoms with E-state index < -0.39 is 10.8 Å². The molecule has 1 fully saturated rings. The summed E-state index contributed by atoms with van der Waals surface area (Å²) in [6, 6.07) is 9.80. The zero-order valence-electron chi connectivity index (χ0n) is 16.9. The van der Waals surface area contributed by atoms with E-state index in [1.165, 1.54) is 18.2 Å². The van der Waals surface area contributed by atoms with Gasteiger partial charge in [0.05, 0.1) is 11.5 Å². The molecule has 8 nitrogen and oxygen atoms in total. The highest BCUT2D eigenvalue weighted by atomic mass is 35.5. The van der Waals surface area contributed by atoms with Gasteiger partial charge in [-0.1, -0.05) is 29.8 Å². The fraction of sp³-hybridized carbons (Fsp3) is 0.333. The third-order valence-corrected chi connectivity index (χ3v) is 5.39. The van der Waals surface area contributed by atoms with Gasteiger partial charge in [0.2, 0.25) is 5.91 Å². The predicted octanol–water partition coefficient (Wildman–Crippen LogP) is 3.26. The first-order valence-corrected chi connectivity index (χ1v) is 9.95. The summed E-state index contributed by atoms with van der Waals surface area (Å²) in [6.07, 6.45) is 0. The monoisotopic (exact) mass is 430 g/mol. The number of anilines is 1. The minimum atomic E-state index is -0.586. The number of rotatable bonds is 5. The number of carbonyl (C=O) groups is 2. The summed E-state index contributed by atoms with van der Waals surface area (Å²) in [5, 5.41) is 14.5. The summed E-state index contributed by atoms with van der Waals surface area (Å²) in [6.45, 7) is 5.86. The smallest absolute Gasteiger partial charge is 0.282 e. The van der Waals surface area contributed by atoms with Gasteiger partial charge in [0.25, 0.3) is 11.6 Å². The first-order valence-electron chi connectivity index (χ1n) is 9.58. The molecule has 2 amide bonds. The Kier molecular flexibility index (Phi) is 6.69. The van der Waals surface area contributed by atoms with Crippen LogP contribution in [-0.2, 0) is 4.79 Å². The second kappa shape index (κ2) is 9.23. The number of nitrogens with one attached hydrogen (secondary N) is 1. The standard InChI is InChI=1S/C21H23ClN4O4/c1-14-4-3-5-15(2)20(14)23-19(27)13-24-8-10-25(11-9-24)21(28)17-12-16(22)6-7-18(17)26(29)30/h3-7,12H,8-11,13H2,1-2H3,(H,23,27). The summed E-state index contributed by atoms with van der Waals surface area (Å²) < 4.78 is 0. The zero-order valence-corrected chi connectivity index (χ0v) is 17.6. The van der Waals surface area contributed by atoms with Crippen molar-refractivity contribution in [3.8, 4) is 0 Å². The maximum absolute atomic E-state index is 12.8. The van der Waals surface area contributed by atoms with Crippen LogP contribution in [0.15, 0.2) is 36.4 Å². The number of para-hydroxylation sites is 1. The minimum Gasteiger partial charge on any atom is -0.336 e. The molecule has 1 aliphatic rings. The third-order valence-electron chi connectivity index (χ3n) is 5.16. The Balaban J connectivity index is 1.59. The Bertz CT molecular complexity index is 967. The lowest BCUT2D eigenvalue weighted by atomic mass is 10.1. The molecule has 30 heavy (non-hydrogen) atoms. The molecule has 0 unspecified atom stereocenters. The maximum atomic E-state index is 12.8. The van der Waals surface area contributed by atoms with Crippen LogP contribution in [0.2, 0.25) is 5.02 Å². The van der Waals surface area contributed by atoms with Crippen molar-refractivity contribution in [1.29, 1.82) is 0 Å². The van der Waals surface area contributed by atoms with Gasteiger partial charge in [-0.25, -0.2) is 0 Å². The zero-order chi connectivity index (χ0) is 21.8. The first kappa shape index (κ1) is 21.7. The fourth-order valence-electron chi connectivity index (χ4n) is 3.51. The van der Waals surface area contributed by atoms with E-state index in [-0.39, 0.29) is 28.7 Å². The van der Waals surface area contributed by atoms with Crippen LogP contribution in [0.5, 0.6) is 0 Å². The van der Waals surface area contributed by atoms with Crippen molar-refractivity contribution in [2.75, 3.05) is 38.0 Å². The van der Waals surface area contributed by atoms with Gasteiger partial charge < -0.3 is 10.2 Å². The Hall–Kier alpha value is -2.97. The largest absolute Gasteiger partial charge is 0.336 e. The van der Waals surface area contributed by atoms with Crippen LogP contribution in [0.3, 0.4) is 0 Å². The predicted molar refractivity (Wildman–Crippen MR) is 115 cm³/mol. The molecule has 3 rings (SSSR count). The van der Waals surface area contributed by atoms with Gasteiger partial charge >= 0.3 is 0 Å². The fourth-order valence-corrected chi connectivity index (χ4v) is 3.68. The molecule has 9 heteroatoms. The molecule has 0 spiro atoms. The summed E-state index contributed by atoms with van der Waals surface area (Å²) in [4.78, 5) is 39.4. The lowest BCUT2D eigenvalue weighted by Crippen LogP contribution is -2.50. The average Bonchev–Trinajstić information content (AvgIpc) is 2.70. The molecule has 1 heterocycles. The van der Waals surface area contributed by atoms with Crippen molar-refractivity contribution in [3.05, 3.63) is 68.2 Å². The molecule has 1 N–H and O–H groups in total. The van der Waals surface area contributed by atoms with Gasteiger partial charge in [-0.15, -0.1) is 0 Å². The number of benzene rings is 2. The highest BCUT2D eigenvalue weighted by Gasteiger charge is 2.28. The number of nitro groups is 1. The van der Waals surface area contributed by atoms with Crippen LogP contribution < -0.4 is 5.32 Å². The Labute approximate surface area is 179 Å². The van der Waals surface area contributed by atoms with Gasteiger partial charge in [-0.3, -0.25) is 24.6 Å². The van der Waals surface area contributed by atoms with Crippen LogP contribution in [0.1, 0.15) is 21.5 Å². The molecule has 0 radical (unpaired) electrons. The van der Waals surface area contributed by atoms with Crippen LogP contribution in [-0.4, -0.2) is 59.3 Å². The Morgan fingerprint density at radius 1 is 1.10 bits per heavy atom. The van der Waals surface area contributed by atoms with Crippen LogP contribution >= 0.6 is 11.6 Å². The minimum absolute atomic E-state index is 0.0197. The van der Waals surface area contributed by atoms with Crippen LogP contribution in [0, 0.1) is 24.0 Å². The summed E-state index contributed by atoms with van der Waals surface area (Å²) in [5.74, 6) is -0.540. The number of halogens is 1. The maximum Gasteiger partial charge on any atom is 0.282 e. The molecule has 2 aromatic carbocycles. The Morgan fingerprint density at radius 3 is 2.33 bits per heavy atom. The number of hydrogen-bond donors (Lipinski definition) is 1. The van der Waals surface area contributed by atoms with Crippen molar-refractivity contribution in [3.63, 3.8) is 0 Å². The molecule has 0 aliphatic carbocycles. The summed E-state index contributed by atoms with van der Waals surface area (Å²) in [5.41, 5.74) is 2.54. The van der Waals surface area contributed by atoms with Gasteiger partial charge in [-0.05, 0) is 37.1 Å². The molecule has 2 aromatic rings. The molecular formula is C21H23ClN4O4. The van der Waals surface area contributed by atoms with E-state index in [4.69, 9.17) is 11.6 Å². The van der Waals surface area contributed by atoms with Crippen LogP contribution in [0.25, 0.3) is 0 Å². The number of nitro benzene ring substituents is 1. The van der Waals surface area contributed by atoms with E-state index in [2.05, 4.69) is 5.32 Å². The van der Waals surface area contributed by atoms with E-state index in [0.717, 1.165) is 16.8 Å². The van der Waals surface area contributed by atoms with Crippen molar-refractivity contribution >= 4 is 34.8 Å². The van der Waals surface area contributed by atoms with Crippen LogP contribution in [0.4, 0.5) is 11.4 Å². The summed E-state index contributed by atoms with van der Waals surface area (Å²) in [7, 11) is 0. The van der Waals surface area contributed by atoms with Gasteiger partial charge in [-0.2, -0.15) is 0 Å². The molecule has 0 bridgehead atoms. The molecule has 158 valence electrons. The number of amides is 2. The number of aryl methyl sites for hydroxylation is 2. The molecule has 0 saturated carbocycles. The molecule has 0 atom stereocenters. The number of nitrogens with zero attached hydrogens (tertiary/aromatic N) is 3. The van der Waals surface area contributed by atoms with E-state index in [9.17, 15) is 19.7 Å². The SMILES string of the molecule is Cc1cccc(C)c1NC(=O)CN1CCN(C(=O)c2cc(Cl)ccc2[N+](=O)[O-])CC1. The van der Waals surface area contributed by atoms with E-state index >= 15 is 0 Å². The first-order chi connectivity index (χ1) is 14.3. The Morgan fingerprint density at radius 2 is 1.73 bits per heavy atom. The molecule has 1 saturated heterocycles. The van der Waals surface area contributed by atoms with Crippen molar-refractivity contribution in [2.24, 2.45) is 0 Å². The highest BCUT2D eigenvalue weighted by Crippen LogP contribution is 2.25. The quantitative estimate of drug-likeness (QED) is 0.580. The topological polar surface area (TPSA) is 95.8 Å². The van der Waals surface area contributed by atoms with Gasteiger partial charge in [0.15, 0.2) is 0 Å². The van der Waals surface area contributed by atoms with E-state index in [1.807, 2.05) is 36.9 Å². The highest BCUT2D eigenvalue weighted by molar-refractivity contribution is 6.31. The van der Waals surface area contributed by atoms with Crippen molar-refractivity contribution < 1.29 is 14.5 Å². The number of carbonyl (C=O) groups excluding carboxylic acids is 2. The lowest BCUT2D eigenvalue weighted by Gasteiger charge is -2.34. The average molecular weight is 431 g/mol. The second-order valence-electron chi connectivity index (χ2n) is 7.30. The van der Waals surface area contributed by atoms with Gasteiger partial charge in [0, 0.05) is 43.0 Å². The van der Waals surface area contributed by atoms with Crippen molar-refractivity contribution in [1.82, 2.24) is 9.80 Å². The number of piperazine rings is 1. The second-order valence-corrected chi connectivity index (χ2v) is 7.74. The normalized spacial score (nSPS) is 14.4. The molecule has 1 aliphatic heterocycles. The number of hydrogen-bond acceptors (Lipinski definition) is 5.